The van der Waals surface area contributed by atoms with E-state index >= 15 is 0 Å². The normalized spacial score (nSPS) is 10.0. The number of rotatable bonds is 3. The fourth-order valence-electron chi connectivity index (χ4n) is 1.41. The SMILES string of the molecule is COc1c(Cl)cccc1NC(=O)c1cccs1. The molecule has 2 aromatic rings. The lowest BCUT2D eigenvalue weighted by Gasteiger charge is -2.10. The largest absolute Gasteiger partial charge is 0.493 e. The van der Waals surface area contributed by atoms with Gasteiger partial charge in [0, 0.05) is 0 Å². The Morgan fingerprint density at radius 2 is 2.18 bits per heavy atom. The van der Waals surface area contributed by atoms with E-state index in [0.717, 1.165) is 0 Å². The van der Waals surface area contributed by atoms with Crippen molar-refractivity contribution in [2.75, 3.05) is 12.4 Å². The molecular formula is C12H10ClNO2S. The molecule has 0 aliphatic heterocycles. The van der Waals surface area contributed by atoms with E-state index in [2.05, 4.69) is 5.32 Å². The van der Waals surface area contributed by atoms with Crippen LogP contribution in [0.15, 0.2) is 35.7 Å². The van der Waals surface area contributed by atoms with Crippen molar-refractivity contribution in [3.63, 3.8) is 0 Å². The highest BCUT2D eigenvalue weighted by Crippen LogP contribution is 2.32. The molecule has 0 saturated carbocycles. The topological polar surface area (TPSA) is 38.3 Å². The van der Waals surface area contributed by atoms with Gasteiger partial charge in [0.2, 0.25) is 0 Å². The smallest absolute Gasteiger partial charge is 0.265 e. The van der Waals surface area contributed by atoms with Gasteiger partial charge in [0.1, 0.15) is 0 Å². The molecular weight excluding hydrogens is 258 g/mol. The number of methoxy groups -OCH3 is 1. The number of thiophene rings is 1. The molecule has 1 amide bonds. The molecule has 88 valence electrons. The second-order valence-corrected chi connectivity index (χ2v) is 4.61. The summed E-state index contributed by atoms with van der Waals surface area (Å²) < 4.78 is 5.15. The van der Waals surface area contributed by atoms with Crippen LogP contribution in [-0.4, -0.2) is 13.0 Å². The minimum atomic E-state index is -0.166. The Labute approximate surface area is 108 Å². The Balaban J connectivity index is 2.25. The summed E-state index contributed by atoms with van der Waals surface area (Å²) in [5.74, 6) is 0.305. The first-order valence-electron chi connectivity index (χ1n) is 4.89. The van der Waals surface area contributed by atoms with Gasteiger partial charge >= 0.3 is 0 Å². The first-order valence-corrected chi connectivity index (χ1v) is 6.15. The standard InChI is InChI=1S/C12H10ClNO2S/c1-16-11-8(13)4-2-5-9(11)14-12(15)10-6-3-7-17-10/h2-7H,1H3,(H,14,15). The number of para-hydroxylation sites is 1. The number of carbonyl (C=O) groups excluding carboxylic acids is 1. The van der Waals surface area contributed by atoms with Crippen molar-refractivity contribution >= 4 is 34.5 Å². The summed E-state index contributed by atoms with van der Waals surface area (Å²) in [5, 5.41) is 5.09. The summed E-state index contributed by atoms with van der Waals surface area (Å²) in [6.07, 6.45) is 0. The van der Waals surface area contributed by atoms with Crippen LogP contribution in [-0.2, 0) is 0 Å². The third kappa shape index (κ3) is 2.60. The molecule has 1 aromatic heterocycles. The highest BCUT2D eigenvalue weighted by Gasteiger charge is 2.12. The van der Waals surface area contributed by atoms with Gasteiger partial charge in [-0.15, -0.1) is 11.3 Å². The molecule has 0 aliphatic rings. The number of halogens is 1. The zero-order valence-electron chi connectivity index (χ0n) is 9.07. The number of carbonyl (C=O) groups is 1. The van der Waals surface area contributed by atoms with Crippen LogP contribution in [0.3, 0.4) is 0 Å². The average Bonchev–Trinajstić information content (AvgIpc) is 2.82. The van der Waals surface area contributed by atoms with E-state index in [1.165, 1.54) is 18.4 Å². The van der Waals surface area contributed by atoms with E-state index in [0.29, 0.717) is 21.3 Å². The molecule has 2 rings (SSSR count). The Morgan fingerprint density at radius 1 is 1.35 bits per heavy atom. The Hall–Kier alpha value is -1.52. The highest BCUT2D eigenvalue weighted by molar-refractivity contribution is 7.12. The Bertz CT molecular complexity index is 525. The maximum absolute atomic E-state index is 11.9. The molecule has 17 heavy (non-hydrogen) atoms. The van der Waals surface area contributed by atoms with Gasteiger partial charge < -0.3 is 10.1 Å². The van der Waals surface area contributed by atoms with Crippen LogP contribution in [0.1, 0.15) is 9.67 Å². The molecule has 0 aliphatic carbocycles. The molecule has 0 saturated heterocycles. The Kier molecular flexibility index (Phi) is 3.66. The monoisotopic (exact) mass is 267 g/mol. The summed E-state index contributed by atoms with van der Waals surface area (Å²) in [5.41, 5.74) is 0.568. The minimum Gasteiger partial charge on any atom is -0.493 e. The van der Waals surface area contributed by atoms with Crippen molar-refractivity contribution < 1.29 is 9.53 Å². The number of amides is 1. The van der Waals surface area contributed by atoms with Crippen molar-refractivity contribution in [1.82, 2.24) is 0 Å². The second-order valence-electron chi connectivity index (χ2n) is 3.25. The van der Waals surface area contributed by atoms with Gasteiger partial charge in [-0.25, -0.2) is 0 Å². The lowest BCUT2D eigenvalue weighted by Crippen LogP contribution is -2.11. The zero-order valence-corrected chi connectivity index (χ0v) is 10.6. The molecule has 0 unspecified atom stereocenters. The van der Waals surface area contributed by atoms with Crippen molar-refractivity contribution in [2.45, 2.75) is 0 Å². The van der Waals surface area contributed by atoms with Gasteiger partial charge in [0.15, 0.2) is 5.75 Å². The fraction of sp³-hybridized carbons (Fsp3) is 0.0833. The van der Waals surface area contributed by atoms with E-state index in [-0.39, 0.29) is 5.91 Å². The average molecular weight is 268 g/mol. The maximum atomic E-state index is 11.9. The Morgan fingerprint density at radius 3 is 2.82 bits per heavy atom. The van der Waals surface area contributed by atoms with Crippen molar-refractivity contribution in [2.24, 2.45) is 0 Å². The van der Waals surface area contributed by atoms with Crippen molar-refractivity contribution in [3.8, 4) is 5.75 Å². The summed E-state index contributed by atoms with van der Waals surface area (Å²) in [4.78, 5) is 12.5. The zero-order chi connectivity index (χ0) is 12.3. The van der Waals surface area contributed by atoms with Gasteiger partial charge in [0.25, 0.3) is 5.91 Å². The molecule has 1 N–H and O–H groups in total. The van der Waals surface area contributed by atoms with Crippen LogP contribution in [0, 0.1) is 0 Å². The number of hydrogen-bond donors (Lipinski definition) is 1. The van der Waals surface area contributed by atoms with E-state index in [1.807, 2.05) is 11.4 Å². The molecule has 3 nitrogen and oxygen atoms in total. The van der Waals surface area contributed by atoms with Crippen LogP contribution in [0.4, 0.5) is 5.69 Å². The lowest BCUT2D eigenvalue weighted by atomic mass is 10.3. The third-order valence-corrected chi connectivity index (χ3v) is 3.33. The number of hydrogen-bond acceptors (Lipinski definition) is 3. The highest BCUT2D eigenvalue weighted by atomic mass is 35.5. The van der Waals surface area contributed by atoms with E-state index < -0.39 is 0 Å². The predicted octanol–water partition coefficient (Wildman–Crippen LogP) is 3.66. The molecule has 5 heteroatoms. The molecule has 0 atom stereocenters. The van der Waals surface area contributed by atoms with E-state index in [9.17, 15) is 4.79 Å². The summed E-state index contributed by atoms with van der Waals surface area (Å²) in [7, 11) is 1.52. The fourth-order valence-corrected chi connectivity index (χ4v) is 2.28. The first-order chi connectivity index (χ1) is 8.22. The van der Waals surface area contributed by atoms with E-state index in [1.54, 1.807) is 24.3 Å². The summed E-state index contributed by atoms with van der Waals surface area (Å²) in [6, 6.07) is 8.80. The van der Waals surface area contributed by atoms with Crippen LogP contribution in [0.2, 0.25) is 5.02 Å². The van der Waals surface area contributed by atoms with Gasteiger partial charge in [0.05, 0.1) is 22.7 Å². The van der Waals surface area contributed by atoms with Crippen LogP contribution < -0.4 is 10.1 Å². The second kappa shape index (κ2) is 5.21. The van der Waals surface area contributed by atoms with Gasteiger partial charge in [-0.1, -0.05) is 23.7 Å². The van der Waals surface area contributed by atoms with E-state index in [4.69, 9.17) is 16.3 Å². The van der Waals surface area contributed by atoms with Gasteiger partial charge in [-0.2, -0.15) is 0 Å². The number of ether oxygens (including phenoxy) is 1. The number of nitrogens with one attached hydrogen (secondary N) is 1. The van der Waals surface area contributed by atoms with Crippen LogP contribution >= 0.6 is 22.9 Å². The molecule has 1 aromatic carbocycles. The molecule has 0 bridgehead atoms. The maximum Gasteiger partial charge on any atom is 0.265 e. The summed E-state index contributed by atoms with van der Waals surface area (Å²) in [6.45, 7) is 0. The van der Waals surface area contributed by atoms with Crippen LogP contribution in [0.25, 0.3) is 0 Å². The third-order valence-electron chi connectivity index (χ3n) is 2.16. The predicted molar refractivity (Wildman–Crippen MR) is 70.3 cm³/mol. The summed E-state index contributed by atoms with van der Waals surface area (Å²) >= 11 is 7.35. The van der Waals surface area contributed by atoms with Crippen molar-refractivity contribution in [3.05, 3.63) is 45.6 Å². The molecule has 0 spiro atoms. The number of anilines is 1. The minimum absolute atomic E-state index is 0.166. The molecule has 1 heterocycles. The number of benzene rings is 1. The molecule has 0 radical (unpaired) electrons. The quantitative estimate of drug-likeness (QED) is 0.922. The first kappa shape index (κ1) is 12.0. The van der Waals surface area contributed by atoms with Gasteiger partial charge in [-0.05, 0) is 23.6 Å². The van der Waals surface area contributed by atoms with Gasteiger partial charge in [-0.3, -0.25) is 4.79 Å². The van der Waals surface area contributed by atoms with Crippen molar-refractivity contribution in [1.29, 1.82) is 0 Å². The lowest BCUT2D eigenvalue weighted by molar-refractivity contribution is 0.103. The molecule has 0 fully saturated rings. The van der Waals surface area contributed by atoms with Crippen LogP contribution in [0.5, 0.6) is 5.75 Å².